The van der Waals surface area contributed by atoms with E-state index in [1.165, 1.54) is 0 Å². The van der Waals surface area contributed by atoms with Crippen molar-refractivity contribution in [2.45, 2.75) is 38.8 Å². The maximum atomic E-state index is 12.8. The van der Waals surface area contributed by atoms with Crippen LogP contribution < -0.4 is 0 Å². The number of aryl methyl sites for hydroxylation is 1. The highest BCUT2D eigenvalue weighted by molar-refractivity contribution is 6.32. The molecular formula is C20H21ClN4O2. The minimum Gasteiger partial charge on any atom is -0.445 e. The fraction of sp³-hybridized carbons (Fsp3) is 0.350. The fourth-order valence-electron chi connectivity index (χ4n) is 3.61. The first-order valence-electron chi connectivity index (χ1n) is 9.11. The number of hydrogen-bond donors (Lipinski definition) is 0. The molecule has 140 valence electrons. The average molecular weight is 385 g/mol. The zero-order chi connectivity index (χ0) is 18.8. The average Bonchev–Trinajstić information content (AvgIpc) is 3.16. The highest BCUT2D eigenvalue weighted by Crippen LogP contribution is 2.32. The Hall–Kier alpha value is -2.60. The maximum absolute atomic E-state index is 12.8. The number of benzene rings is 1. The fourth-order valence-corrected chi connectivity index (χ4v) is 3.79. The van der Waals surface area contributed by atoms with Crippen molar-refractivity contribution >= 4 is 23.2 Å². The maximum Gasteiger partial charge on any atom is 0.410 e. The zero-order valence-electron chi connectivity index (χ0n) is 15.1. The van der Waals surface area contributed by atoms with Gasteiger partial charge in [-0.3, -0.25) is 9.30 Å². The summed E-state index contributed by atoms with van der Waals surface area (Å²) in [5.41, 5.74) is 2.67. The van der Waals surface area contributed by atoms with Crippen molar-refractivity contribution in [2.75, 3.05) is 6.54 Å². The van der Waals surface area contributed by atoms with E-state index in [4.69, 9.17) is 16.3 Å². The second-order valence-corrected chi connectivity index (χ2v) is 7.13. The van der Waals surface area contributed by atoms with Gasteiger partial charge in [-0.25, -0.2) is 14.8 Å². The predicted molar refractivity (Wildman–Crippen MR) is 103 cm³/mol. The predicted octanol–water partition coefficient (Wildman–Crippen LogP) is 4.55. The Morgan fingerprint density at radius 2 is 2.04 bits per heavy atom. The first kappa shape index (κ1) is 17.8. The van der Waals surface area contributed by atoms with Gasteiger partial charge < -0.3 is 4.74 Å². The largest absolute Gasteiger partial charge is 0.445 e. The molecule has 3 aromatic rings. The molecule has 7 heteroatoms. The summed E-state index contributed by atoms with van der Waals surface area (Å²) in [7, 11) is 0. The minimum absolute atomic E-state index is 0.137. The Morgan fingerprint density at radius 1 is 1.22 bits per heavy atom. The molecule has 3 heterocycles. The number of likely N-dealkylation sites (tertiary alicyclic amines) is 1. The number of imidazole rings is 1. The third-order valence-electron chi connectivity index (χ3n) is 4.96. The molecule has 1 unspecified atom stereocenters. The van der Waals surface area contributed by atoms with E-state index in [1.54, 1.807) is 17.3 Å². The molecule has 1 aliphatic heterocycles. The smallest absolute Gasteiger partial charge is 0.410 e. The van der Waals surface area contributed by atoms with Crippen molar-refractivity contribution in [3.05, 3.63) is 65.0 Å². The third kappa shape index (κ3) is 3.49. The van der Waals surface area contributed by atoms with Gasteiger partial charge in [0.1, 0.15) is 17.9 Å². The number of halogens is 1. The molecule has 2 aromatic heterocycles. The lowest BCUT2D eigenvalue weighted by molar-refractivity contribution is 0.0657. The lowest BCUT2D eigenvalue weighted by Crippen LogP contribution is -2.39. The van der Waals surface area contributed by atoms with E-state index in [0.717, 1.165) is 41.9 Å². The Labute approximate surface area is 162 Å². The van der Waals surface area contributed by atoms with Gasteiger partial charge >= 0.3 is 6.09 Å². The molecule has 1 aliphatic rings. The molecule has 1 atom stereocenters. The molecule has 1 fully saturated rings. The summed E-state index contributed by atoms with van der Waals surface area (Å²) in [6.45, 7) is 2.88. The molecule has 0 N–H and O–H groups in total. The molecule has 0 aliphatic carbocycles. The Morgan fingerprint density at radius 3 is 2.85 bits per heavy atom. The topological polar surface area (TPSA) is 59.7 Å². The van der Waals surface area contributed by atoms with Gasteiger partial charge in [0.15, 0.2) is 5.15 Å². The van der Waals surface area contributed by atoms with E-state index < -0.39 is 0 Å². The molecule has 4 rings (SSSR count). The van der Waals surface area contributed by atoms with Crippen molar-refractivity contribution in [1.82, 2.24) is 19.3 Å². The van der Waals surface area contributed by atoms with Gasteiger partial charge in [-0.15, -0.1) is 0 Å². The highest BCUT2D eigenvalue weighted by Gasteiger charge is 2.32. The van der Waals surface area contributed by atoms with E-state index in [-0.39, 0.29) is 18.7 Å². The van der Waals surface area contributed by atoms with Gasteiger partial charge in [-0.05, 0) is 31.7 Å². The molecule has 0 spiro atoms. The number of aromatic nitrogens is 3. The number of ether oxygens (including phenoxy) is 1. The second kappa shape index (κ2) is 7.56. The van der Waals surface area contributed by atoms with Crippen molar-refractivity contribution in [1.29, 1.82) is 0 Å². The number of piperidine rings is 1. The SMILES string of the molecule is Cc1cnc(Cl)c2cnc(C3CCCCN3C(=O)OCc3ccccc3)n12. The van der Waals surface area contributed by atoms with Crippen LogP contribution in [-0.2, 0) is 11.3 Å². The van der Waals surface area contributed by atoms with Gasteiger partial charge in [-0.1, -0.05) is 41.9 Å². The minimum atomic E-state index is -0.307. The van der Waals surface area contributed by atoms with Crippen LogP contribution in [0.1, 0.15) is 42.4 Å². The van der Waals surface area contributed by atoms with E-state index in [9.17, 15) is 4.79 Å². The summed E-state index contributed by atoms with van der Waals surface area (Å²) in [6.07, 6.45) is 5.99. The highest BCUT2D eigenvalue weighted by atomic mass is 35.5. The number of carbonyl (C=O) groups excluding carboxylic acids is 1. The van der Waals surface area contributed by atoms with Crippen molar-refractivity contribution < 1.29 is 9.53 Å². The van der Waals surface area contributed by atoms with Crippen LogP contribution in [0.4, 0.5) is 4.79 Å². The summed E-state index contributed by atoms with van der Waals surface area (Å²) in [6, 6.07) is 9.57. The van der Waals surface area contributed by atoms with E-state index in [2.05, 4.69) is 9.97 Å². The molecule has 0 bridgehead atoms. The van der Waals surface area contributed by atoms with Gasteiger partial charge in [-0.2, -0.15) is 0 Å². The summed E-state index contributed by atoms with van der Waals surface area (Å²) in [5, 5.41) is 0.411. The molecule has 0 radical (unpaired) electrons. The van der Waals surface area contributed by atoms with Crippen molar-refractivity contribution in [3.8, 4) is 0 Å². The number of rotatable bonds is 3. The van der Waals surface area contributed by atoms with Crippen LogP contribution in [0.25, 0.3) is 5.52 Å². The van der Waals surface area contributed by atoms with Gasteiger partial charge in [0.2, 0.25) is 0 Å². The second-order valence-electron chi connectivity index (χ2n) is 6.77. The van der Waals surface area contributed by atoms with Crippen LogP contribution in [0.15, 0.2) is 42.7 Å². The zero-order valence-corrected chi connectivity index (χ0v) is 15.9. The molecule has 6 nitrogen and oxygen atoms in total. The number of amides is 1. The Kier molecular flexibility index (Phi) is 4.99. The van der Waals surface area contributed by atoms with E-state index >= 15 is 0 Å². The van der Waals surface area contributed by atoms with Crippen molar-refractivity contribution in [2.24, 2.45) is 0 Å². The van der Waals surface area contributed by atoms with Gasteiger partial charge in [0.05, 0.1) is 12.2 Å². The number of fused-ring (bicyclic) bond motifs is 1. The first-order chi connectivity index (χ1) is 13.1. The van der Waals surface area contributed by atoms with E-state index in [0.29, 0.717) is 11.7 Å². The van der Waals surface area contributed by atoms with Crippen LogP contribution in [0.2, 0.25) is 5.15 Å². The molecule has 0 saturated carbocycles. The quantitative estimate of drug-likeness (QED) is 0.664. The number of carbonyl (C=O) groups is 1. The molecular weight excluding hydrogens is 364 g/mol. The lowest BCUT2D eigenvalue weighted by atomic mass is 10.0. The van der Waals surface area contributed by atoms with Crippen LogP contribution in [-0.4, -0.2) is 31.9 Å². The van der Waals surface area contributed by atoms with Gasteiger partial charge in [0, 0.05) is 18.4 Å². The molecule has 1 aromatic carbocycles. The molecule has 1 saturated heterocycles. The summed E-state index contributed by atoms with van der Waals surface area (Å²) in [5.74, 6) is 0.808. The third-order valence-corrected chi connectivity index (χ3v) is 5.25. The van der Waals surface area contributed by atoms with Gasteiger partial charge in [0.25, 0.3) is 0 Å². The summed E-state index contributed by atoms with van der Waals surface area (Å²) >= 11 is 6.22. The van der Waals surface area contributed by atoms with E-state index in [1.807, 2.05) is 41.7 Å². The number of hydrogen-bond acceptors (Lipinski definition) is 4. The normalized spacial score (nSPS) is 17.3. The number of nitrogens with zero attached hydrogens (tertiary/aromatic N) is 4. The monoisotopic (exact) mass is 384 g/mol. The summed E-state index contributed by atoms with van der Waals surface area (Å²) in [4.78, 5) is 23.3. The van der Waals surface area contributed by atoms with Crippen LogP contribution in [0, 0.1) is 6.92 Å². The molecule has 1 amide bonds. The van der Waals surface area contributed by atoms with Crippen LogP contribution in [0.3, 0.4) is 0 Å². The lowest BCUT2D eigenvalue weighted by Gasteiger charge is -2.34. The standard InChI is InChI=1S/C20H21ClN4O2/c1-14-11-22-18(21)17-12-23-19(25(14)17)16-9-5-6-10-24(16)20(26)27-13-15-7-3-2-4-8-15/h2-4,7-8,11-12,16H,5-6,9-10,13H2,1H3. The van der Waals surface area contributed by atoms with Crippen molar-refractivity contribution in [3.63, 3.8) is 0 Å². The first-order valence-corrected chi connectivity index (χ1v) is 9.48. The Balaban J connectivity index is 1.59. The summed E-state index contributed by atoms with van der Waals surface area (Å²) < 4.78 is 7.56. The Bertz CT molecular complexity index is 957. The van der Waals surface area contributed by atoms with Crippen LogP contribution >= 0.6 is 11.6 Å². The molecule has 27 heavy (non-hydrogen) atoms. The van der Waals surface area contributed by atoms with Crippen LogP contribution in [0.5, 0.6) is 0 Å².